The lowest BCUT2D eigenvalue weighted by Gasteiger charge is -2.59. The average Bonchev–Trinajstić information content (AvgIpc) is 3.29. The van der Waals surface area contributed by atoms with Gasteiger partial charge < -0.3 is 5.32 Å². The summed E-state index contributed by atoms with van der Waals surface area (Å²) in [5.41, 5.74) is 1.13. The Morgan fingerprint density at radius 1 is 0.870 bits per heavy atom. The Bertz CT molecular complexity index is 506. The van der Waals surface area contributed by atoms with Crippen LogP contribution < -0.4 is 5.32 Å². The van der Waals surface area contributed by atoms with E-state index in [0.29, 0.717) is 10.8 Å². The molecule has 0 radical (unpaired) electrons. The maximum atomic E-state index is 4.04. The average molecular weight is 314 g/mol. The second-order valence-electron chi connectivity index (χ2n) is 10.1. The van der Waals surface area contributed by atoms with Gasteiger partial charge in [-0.05, 0) is 98.7 Å². The van der Waals surface area contributed by atoms with Crippen LogP contribution in [0.15, 0.2) is 12.2 Å². The van der Waals surface area contributed by atoms with E-state index in [2.05, 4.69) is 31.3 Å². The zero-order chi connectivity index (χ0) is 15.7. The van der Waals surface area contributed by atoms with Gasteiger partial charge in [0, 0.05) is 12.1 Å². The molecule has 1 N–H and O–H groups in total. The third-order valence-corrected chi connectivity index (χ3v) is 9.14. The van der Waals surface area contributed by atoms with Crippen LogP contribution in [0.2, 0.25) is 0 Å². The maximum absolute atomic E-state index is 4.04. The molecule has 1 heteroatoms. The molecule has 0 spiro atoms. The molecule has 0 bridgehead atoms. The third kappa shape index (κ3) is 2.14. The highest BCUT2D eigenvalue weighted by atomic mass is 15.0. The van der Waals surface area contributed by atoms with Crippen molar-refractivity contribution in [3.63, 3.8) is 0 Å². The van der Waals surface area contributed by atoms with E-state index in [0.717, 1.165) is 35.8 Å². The molecule has 0 aromatic carbocycles. The molecule has 5 aliphatic rings. The summed E-state index contributed by atoms with van der Waals surface area (Å²) in [6.45, 7) is 5.29. The van der Waals surface area contributed by atoms with Crippen molar-refractivity contribution in [2.45, 2.75) is 90.1 Å². The minimum atomic E-state index is 0.532. The van der Waals surface area contributed by atoms with Crippen molar-refractivity contribution in [3.05, 3.63) is 12.2 Å². The summed E-state index contributed by atoms with van der Waals surface area (Å²) in [6, 6.07) is 1.70. The van der Waals surface area contributed by atoms with Gasteiger partial charge in [0.05, 0.1) is 0 Å². The second kappa shape index (κ2) is 5.10. The molecule has 7 atom stereocenters. The zero-order valence-electron chi connectivity index (χ0n) is 15.2. The molecule has 0 heterocycles. The summed E-state index contributed by atoms with van der Waals surface area (Å²) in [5.74, 6) is 3.99. The monoisotopic (exact) mass is 313 g/mol. The van der Waals surface area contributed by atoms with Crippen molar-refractivity contribution in [1.82, 2.24) is 5.32 Å². The molecule has 23 heavy (non-hydrogen) atoms. The summed E-state index contributed by atoms with van der Waals surface area (Å²) in [4.78, 5) is 0. The zero-order valence-corrected chi connectivity index (χ0v) is 15.2. The van der Waals surface area contributed by atoms with Crippen LogP contribution >= 0.6 is 0 Å². The molecule has 5 aliphatic carbocycles. The van der Waals surface area contributed by atoms with Crippen molar-refractivity contribution >= 4 is 0 Å². The summed E-state index contributed by atoms with van der Waals surface area (Å²) in [6.07, 6.45) is 19.8. The highest BCUT2D eigenvalue weighted by molar-refractivity contribution is 5.16. The lowest BCUT2D eigenvalue weighted by molar-refractivity contribution is -0.0738. The SMILES string of the molecule is C[C@]12C=CCCC1CC[C@@H]1[C@@H]2CC[C@]2(C)C(NC3CC3)CC[C@@H]12. The molecule has 0 amide bonds. The minimum absolute atomic E-state index is 0.532. The Labute approximate surface area is 142 Å². The molecule has 2 unspecified atom stereocenters. The summed E-state index contributed by atoms with van der Waals surface area (Å²) < 4.78 is 0. The fraction of sp³-hybridized carbons (Fsp3) is 0.909. The van der Waals surface area contributed by atoms with Gasteiger partial charge in [0.15, 0.2) is 0 Å². The number of allylic oxidation sites excluding steroid dienone is 2. The van der Waals surface area contributed by atoms with Gasteiger partial charge in [0.25, 0.3) is 0 Å². The molecule has 0 aromatic rings. The first-order valence-corrected chi connectivity index (χ1v) is 10.5. The Kier molecular flexibility index (Phi) is 3.32. The molecule has 1 nitrogen and oxygen atoms in total. The first-order valence-electron chi connectivity index (χ1n) is 10.5. The van der Waals surface area contributed by atoms with E-state index in [4.69, 9.17) is 0 Å². The second-order valence-corrected chi connectivity index (χ2v) is 10.1. The van der Waals surface area contributed by atoms with E-state index in [9.17, 15) is 0 Å². The van der Waals surface area contributed by atoms with E-state index < -0.39 is 0 Å². The van der Waals surface area contributed by atoms with Crippen molar-refractivity contribution < 1.29 is 0 Å². The van der Waals surface area contributed by atoms with Gasteiger partial charge in [-0.15, -0.1) is 0 Å². The van der Waals surface area contributed by atoms with Crippen LogP contribution in [0.4, 0.5) is 0 Å². The molecule has 0 saturated heterocycles. The number of fused-ring (bicyclic) bond motifs is 5. The molecule has 5 rings (SSSR count). The first kappa shape index (κ1) is 15.0. The molecule has 0 aliphatic heterocycles. The van der Waals surface area contributed by atoms with E-state index in [-0.39, 0.29) is 0 Å². The smallest absolute Gasteiger partial charge is 0.0126 e. The first-order chi connectivity index (χ1) is 11.1. The van der Waals surface area contributed by atoms with E-state index >= 15 is 0 Å². The van der Waals surface area contributed by atoms with Crippen LogP contribution in [0.1, 0.15) is 78.1 Å². The van der Waals surface area contributed by atoms with E-state index in [1.165, 1.54) is 64.2 Å². The maximum Gasteiger partial charge on any atom is 0.0126 e. The summed E-state index contributed by atoms with van der Waals surface area (Å²) >= 11 is 0. The van der Waals surface area contributed by atoms with Crippen molar-refractivity contribution in [2.75, 3.05) is 0 Å². The van der Waals surface area contributed by atoms with Crippen LogP contribution in [0.5, 0.6) is 0 Å². The predicted octanol–water partition coefficient (Wildman–Crippen LogP) is 5.32. The largest absolute Gasteiger partial charge is 0.311 e. The van der Waals surface area contributed by atoms with Crippen LogP contribution in [0.3, 0.4) is 0 Å². The van der Waals surface area contributed by atoms with Gasteiger partial charge in [0.2, 0.25) is 0 Å². The lowest BCUT2D eigenvalue weighted by Crippen LogP contribution is -2.54. The standard InChI is InChI=1S/C22H35N/c1-21-13-4-3-5-15(21)6-9-17-18-10-11-20(23-16-7-8-16)22(18,2)14-12-19(17)21/h4,13,15-20,23H,3,5-12,14H2,1-2H3/t15?,17-,18-,19-,20?,21-,22-/m0/s1. The van der Waals surface area contributed by atoms with Crippen LogP contribution in [0, 0.1) is 34.5 Å². The van der Waals surface area contributed by atoms with Crippen LogP contribution in [0.25, 0.3) is 0 Å². The number of rotatable bonds is 2. The van der Waals surface area contributed by atoms with Crippen molar-refractivity contribution in [1.29, 1.82) is 0 Å². The number of hydrogen-bond donors (Lipinski definition) is 1. The van der Waals surface area contributed by atoms with Gasteiger partial charge in [-0.2, -0.15) is 0 Å². The van der Waals surface area contributed by atoms with Gasteiger partial charge in [0.1, 0.15) is 0 Å². The Hall–Kier alpha value is -0.300. The van der Waals surface area contributed by atoms with Crippen molar-refractivity contribution in [2.24, 2.45) is 34.5 Å². The molecule has 128 valence electrons. The minimum Gasteiger partial charge on any atom is -0.311 e. The Balaban J connectivity index is 1.42. The van der Waals surface area contributed by atoms with Crippen molar-refractivity contribution in [3.8, 4) is 0 Å². The fourth-order valence-corrected chi connectivity index (χ4v) is 7.63. The molecule has 4 saturated carbocycles. The molecule has 4 fully saturated rings. The van der Waals surface area contributed by atoms with Crippen LogP contribution in [-0.4, -0.2) is 12.1 Å². The molecular formula is C22H35N. The van der Waals surface area contributed by atoms with Crippen LogP contribution in [-0.2, 0) is 0 Å². The summed E-state index contributed by atoms with van der Waals surface area (Å²) in [5, 5.41) is 4.04. The third-order valence-electron chi connectivity index (χ3n) is 9.14. The lowest BCUT2D eigenvalue weighted by atomic mass is 9.46. The van der Waals surface area contributed by atoms with E-state index in [1.54, 1.807) is 0 Å². The summed E-state index contributed by atoms with van der Waals surface area (Å²) in [7, 11) is 0. The van der Waals surface area contributed by atoms with Gasteiger partial charge in [-0.25, -0.2) is 0 Å². The number of hydrogen-bond acceptors (Lipinski definition) is 1. The molecule has 0 aromatic heterocycles. The topological polar surface area (TPSA) is 12.0 Å². The Morgan fingerprint density at radius 3 is 2.57 bits per heavy atom. The fourth-order valence-electron chi connectivity index (χ4n) is 7.63. The van der Waals surface area contributed by atoms with E-state index in [1.807, 2.05) is 0 Å². The molecular weight excluding hydrogens is 278 g/mol. The Morgan fingerprint density at radius 2 is 1.74 bits per heavy atom. The quantitative estimate of drug-likeness (QED) is 0.681. The highest BCUT2D eigenvalue weighted by Gasteiger charge is 2.59. The highest BCUT2D eigenvalue weighted by Crippen LogP contribution is 2.65. The van der Waals surface area contributed by atoms with Gasteiger partial charge in [-0.1, -0.05) is 26.0 Å². The van der Waals surface area contributed by atoms with Gasteiger partial charge in [-0.3, -0.25) is 0 Å². The predicted molar refractivity (Wildman–Crippen MR) is 96.2 cm³/mol. The van der Waals surface area contributed by atoms with Gasteiger partial charge >= 0.3 is 0 Å². The number of nitrogens with one attached hydrogen (secondary N) is 1. The normalized spacial score (nSPS) is 55.1.